The summed E-state index contributed by atoms with van der Waals surface area (Å²) < 4.78 is 2.28. The van der Waals surface area contributed by atoms with Crippen molar-refractivity contribution >= 4 is 23.2 Å². The Morgan fingerprint density at radius 3 is 2.43 bits per heavy atom. The van der Waals surface area contributed by atoms with Crippen molar-refractivity contribution < 1.29 is 4.79 Å². The van der Waals surface area contributed by atoms with E-state index in [9.17, 15) is 14.4 Å². The first kappa shape index (κ1) is 17.7. The van der Waals surface area contributed by atoms with Gasteiger partial charge in [-0.2, -0.15) is 0 Å². The fourth-order valence-corrected chi connectivity index (χ4v) is 3.16. The van der Waals surface area contributed by atoms with Crippen LogP contribution in [0, 0.1) is 6.92 Å². The summed E-state index contributed by atoms with van der Waals surface area (Å²) in [4.78, 5) is 39.0. The van der Waals surface area contributed by atoms with E-state index in [0.717, 1.165) is 15.9 Å². The number of aromatic nitrogens is 3. The number of hydrogen-bond donors (Lipinski definition) is 1. The zero-order valence-corrected chi connectivity index (χ0v) is 15.3. The minimum Gasteiger partial charge on any atom is -0.324 e. The molecule has 0 aliphatic carbocycles. The lowest BCUT2D eigenvalue weighted by Crippen LogP contribution is -2.44. The molecule has 1 amide bonds. The van der Waals surface area contributed by atoms with Crippen LogP contribution in [0.25, 0.3) is 0 Å². The number of nitrogens with zero attached hydrogens (tertiary/aromatic N) is 4. The largest absolute Gasteiger partial charge is 0.333 e. The first-order valence-electron chi connectivity index (χ1n) is 8.94. The van der Waals surface area contributed by atoms with E-state index < -0.39 is 17.0 Å². The molecule has 0 spiro atoms. The van der Waals surface area contributed by atoms with Crippen LogP contribution in [-0.4, -0.2) is 26.8 Å². The molecule has 0 saturated heterocycles. The maximum atomic E-state index is 12.5. The van der Waals surface area contributed by atoms with Crippen molar-refractivity contribution in [3.8, 4) is 0 Å². The summed E-state index contributed by atoms with van der Waals surface area (Å²) in [7, 11) is 0. The Morgan fingerprint density at radius 2 is 1.71 bits per heavy atom. The van der Waals surface area contributed by atoms with E-state index in [1.54, 1.807) is 24.3 Å². The van der Waals surface area contributed by atoms with E-state index in [1.165, 1.54) is 4.57 Å². The fourth-order valence-electron chi connectivity index (χ4n) is 3.16. The molecule has 2 heterocycles. The highest BCUT2D eigenvalue weighted by Gasteiger charge is 2.26. The Bertz CT molecular complexity index is 1130. The molecule has 0 atom stereocenters. The second-order valence-corrected chi connectivity index (χ2v) is 6.62. The standard InChI is InChI=1S/C20H19N5O3/c1-14-7-9-16(10-8-14)23-11-12-24-18(27)19(28)25(22-20(23)24)13-17(26)21-15-5-3-2-4-6-15/h2-10H,11-13H2,1H3,(H,21,26). The molecule has 1 N–H and O–H groups in total. The average Bonchev–Trinajstić information content (AvgIpc) is 3.11. The van der Waals surface area contributed by atoms with E-state index in [4.69, 9.17) is 0 Å². The average molecular weight is 377 g/mol. The molecular weight excluding hydrogens is 358 g/mol. The number of rotatable bonds is 4. The smallest absolute Gasteiger partial charge is 0.324 e. The predicted octanol–water partition coefficient (Wildman–Crippen LogP) is 1.50. The first-order valence-corrected chi connectivity index (χ1v) is 8.94. The van der Waals surface area contributed by atoms with E-state index in [-0.39, 0.29) is 6.54 Å². The molecular formula is C20H19N5O3. The zero-order valence-electron chi connectivity index (χ0n) is 15.3. The van der Waals surface area contributed by atoms with Crippen molar-refractivity contribution in [1.29, 1.82) is 0 Å². The lowest BCUT2D eigenvalue weighted by Gasteiger charge is -2.18. The van der Waals surface area contributed by atoms with Crippen LogP contribution >= 0.6 is 0 Å². The summed E-state index contributed by atoms with van der Waals surface area (Å²) in [5, 5.41) is 7.00. The number of fused-ring (bicyclic) bond motifs is 1. The van der Waals surface area contributed by atoms with Gasteiger partial charge in [-0.05, 0) is 31.2 Å². The van der Waals surface area contributed by atoms with Gasteiger partial charge >= 0.3 is 11.1 Å². The molecule has 0 fully saturated rings. The van der Waals surface area contributed by atoms with Crippen LogP contribution < -0.4 is 21.3 Å². The van der Waals surface area contributed by atoms with Crippen LogP contribution in [0.1, 0.15) is 5.56 Å². The second kappa shape index (κ2) is 7.15. The van der Waals surface area contributed by atoms with Gasteiger partial charge in [-0.25, -0.2) is 4.68 Å². The van der Waals surface area contributed by atoms with Crippen LogP contribution in [0.5, 0.6) is 0 Å². The van der Waals surface area contributed by atoms with Crippen molar-refractivity contribution in [2.45, 2.75) is 20.0 Å². The summed E-state index contributed by atoms with van der Waals surface area (Å²) >= 11 is 0. The third kappa shape index (κ3) is 3.32. The topological polar surface area (TPSA) is 89.2 Å². The van der Waals surface area contributed by atoms with Crippen molar-refractivity contribution in [3.05, 3.63) is 80.9 Å². The number of anilines is 3. The van der Waals surface area contributed by atoms with Crippen LogP contribution in [0.15, 0.2) is 64.2 Å². The maximum absolute atomic E-state index is 12.5. The summed E-state index contributed by atoms with van der Waals surface area (Å²) in [6.07, 6.45) is 0. The Kier molecular flexibility index (Phi) is 4.52. The van der Waals surface area contributed by atoms with Crippen molar-refractivity contribution in [2.24, 2.45) is 0 Å². The Balaban J connectivity index is 1.65. The van der Waals surface area contributed by atoms with E-state index in [1.807, 2.05) is 42.2 Å². The third-order valence-electron chi connectivity index (χ3n) is 4.60. The SMILES string of the molecule is Cc1ccc(N2CCn3c2nn(CC(=O)Nc2ccccc2)c(=O)c3=O)cc1. The van der Waals surface area contributed by atoms with Gasteiger partial charge in [-0.15, -0.1) is 5.10 Å². The molecule has 142 valence electrons. The van der Waals surface area contributed by atoms with E-state index in [2.05, 4.69) is 10.4 Å². The number of benzene rings is 2. The molecule has 28 heavy (non-hydrogen) atoms. The highest BCUT2D eigenvalue weighted by molar-refractivity contribution is 5.90. The van der Waals surface area contributed by atoms with Crippen LogP contribution in [0.4, 0.5) is 17.3 Å². The predicted molar refractivity (Wildman–Crippen MR) is 106 cm³/mol. The van der Waals surface area contributed by atoms with Crippen molar-refractivity contribution in [1.82, 2.24) is 14.3 Å². The number of hydrogen-bond acceptors (Lipinski definition) is 5. The van der Waals surface area contributed by atoms with Gasteiger partial charge < -0.3 is 10.2 Å². The molecule has 1 aromatic heterocycles. The van der Waals surface area contributed by atoms with Crippen LogP contribution in [-0.2, 0) is 17.9 Å². The van der Waals surface area contributed by atoms with Crippen LogP contribution in [0.2, 0.25) is 0 Å². The normalized spacial score (nSPS) is 12.7. The summed E-state index contributed by atoms with van der Waals surface area (Å²) in [6.45, 7) is 2.57. The minimum absolute atomic E-state index is 0.335. The second-order valence-electron chi connectivity index (χ2n) is 6.62. The van der Waals surface area contributed by atoms with Crippen molar-refractivity contribution in [2.75, 3.05) is 16.8 Å². The van der Waals surface area contributed by atoms with Gasteiger partial charge in [-0.1, -0.05) is 35.9 Å². The summed E-state index contributed by atoms with van der Waals surface area (Å²) in [5.74, 6) is -0.0639. The van der Waals surface area contributed by atoms with Gasteiger partial charge in [0.1, 0.15) is 6.54 Å². The molecule has 1 aliphatic heterocycles. The quantitative estimate of drug-likeness (QED) is 0.696. The van der Waals surface area contributed by atoms with Crippen LogP contribution in [0.3, 0.4) is 0 Å². The zero-order chi connectivity index (χ0) is 19.7. The van der Waals surface area contributed by atoms with Gasteiger partial charge in [0, 0.05) is 24.5 Å². The number of nitrogens with one attached hydrogen (secondary N) is 1. The monoisotopic (exact) mass is 377 g/mol. The lowest BCUT2D eigenvalue weighted by atomic mass is 10.2. The van der Waals surface area contributed by atoms with Gasteiger partial charge in [0.2, 0.25) is 11.9 Å². The van der Waals surface area contributed by atoms with Gasteiger partial charge in [-0.3, -0.25) is 19.0 Å². The van der Waals surface area contributed by atoms with Gasteiger partial charge in [0.25, 0.3) is 0 Å². The molecule has 0 radical (unpaired) electrons. The highest BCUT2D eigenvalue weighted by atomic mass is 16.2. The molecule has 8 nitrogen and oxygen atoms in total. The third-order valence-corrected chi connectivity index (χ3v) is 4.60. The Labute approximate surface area is 160 Å². The molecule has 0 saturated carbocycles. The molecule has 0 bridgehead atoms. The lowest BCUT2D eigenvalue weighted by molar-refractivity contribution is -0.117. The summed E-state index contributed by atoms with van der Waals surface area (Å²) in [6, 6.07) is 16.7. The van der Waals surface area contributed by atoms with Crippen molar-refractivity contribution in [3.63, 3.8) is 0 Å². The molecule has 4 rings (SSSR count). The number of carbonyl (C=O) groups excluding carboxylic acids is 1. The highest BCUT2D eigenvalue weighted by Crippen LogP contribution is 2.26. The Hall–Kier alpha value is -3.68. The molecule has 1 aliphatic rings. The maximum Gasteiger partial charge on any atom is 0.333 e. The number of para-hydroxylation sites is 1. The minimum atomic E-state index is -0.808. The molecule has 0 unspecified atom stereocenters. The van der Waals surface area contributed by atoms with Gasteiger partial charge in [0.15, 0.2) is 0 Å². The fraction of sp³-hybridized carbons (Fsp3) is 0.200. The first-order chi connectivity index (χ1) is 13.5. The Morgan fingerprint density at radius 1 is 1.00 bits per heavy atom. The molecule has 2 aromatic carbocycles. The number of amides is 1. The molecule has 3 aromatic rings. The van der Waals surface area contributed by atoms with E-state index >= 15 is 0 Å². The number of aryl methyl sites for hydroxylation is 1. The van der Waals surface area contributed by atoms with E-state index in [0.29, 0.717) is 24.7 Å². The summed E-state index contributed by atoms with van der Waals surface area (Å²) in [5.41, 5.74) is 1.13. The van der Waals surface area contributed by atoms with Gasteiger partial charge in [0.05, 0.1) is 0 Å². The molecule has 8 heteroatoms. The number of carbonyl (C=O) groups is 1.